The lowest BCUT2D eigenvalue weighted by Gasteiger charge is -2.08. The van der Waals surface area contributed by atoms with Gasteiger partial charge >= 0.3 is 0 Å². The summed E-state index contributed by atoms with van der Waals surface area (Å²) in [5, 5.41) is 7.03. The minimum Gasteiger partial charge on any atom is -0.352 e. The van der Waals surface area contributed by atoms with Gasteiger partial charge in [0.25, 0.3) is 0 Å². The van der Waals surface area contributed by atoms with Crippen molar-refractivity contribution in [2.75, 3.05) is 0 Å². The van der Waals surface area contributed by atoms with Crippen molar-refractivity contribution in [2.45, 2.75) is 32.5 Å². The van der Waals surface area contributed by atoms with Crippen LogP contribution in [0.4, 0.5) is 0 Å². The molecule has 0 aliphatic heterocycles. The molecule has 2 aromatic rings. The highest BCUT2D eigenvalue weighted by molar-refractivity contribution is 5.76. The molecule has 2 rings (SSSR count). The Labute approximate surface area is 118 Å². The van der Waals surface area contributed by atoms with E-state index in [4.69, 9.17) is 5.73 Å². The summed E-state index contributed by atoms with van der Waals surface area (Å²) < 4.78 is 1.87. The van der Waals surface area contributed by atoms with Crippen LogP contribution in [0.5, 0.6) is 0 Å². The second-order valence-corrected chi connectivity index (χ2v) is 4.98. The molecule has 0 aliphatic rings. The zero-order valence-electron chi connectivity index (χ0n) is 11.6. The first-order valence-corrected chi connectivity index (χ1v) is 6.71. The van der Waals surface area contributed by atoms with Crippen LogP contribution in [-0.2, 0) is 17.9 Å². The number of hydrogen-bond donors (Lipinski definition) is 2. The molecule has 5 nitrogen and oxygen atoms in total. The number of rotatable bonds is 6. The number of carbonyl (C=O) groups is 1. The van der Waals surface area contributed by atoms with E-state index in [9.17, 15) is 4.79 Å². The molecule has 0 spiro atoms. The Bertz CT molecular complexity index is 532. The van der Waals surface area contributed by atoms with Crippen LogP contribution in [0.25, 0.3) is 0 Å². The van der Waals surface area contributed by atoms with Gasteiger partial charge in [0.1, 0.15) is 0 Å². The summed E-state index contributed by atoms with van der Waals surface area (Å²) in [6.45, 7) is 3.11. The van der Waals surface area contributed by atoms with E-state index in [1.165, 1.54) is 5.56 Å². The normalized spacial score (nSPS) is 12.1. The summed E-state index contributed by atoms with van der Waals surface area (Å²) >= 11 is 0. The summed E-state index contributed by atoms with van der Waals surface area (Å²) in [5.41, 5.74) is 7.83. The van der Waals surface area contributed by atoms with Crippen LogP contribution >= 0.6 is 0 Å². The highest BCUT2D eigenvalue weighted by atomic mass is 16.1. The summed E-state index contributed by atoms with van der Waals surface area (Å²) in [5.74, 6) is -0.0133. The third kappa shape index (κ3) is 4.51. The predicted octanol–water partition coefficient (Wildman–Crippen LogP) is 1.28. The second kappa shape index (κ2) is 6.86. The van der Waals surface area contributed by atoms with Gasteiger partial charge in [-0.2, -0.15) is 5.10 Å². The summed E-state index contributed by atoms with van der Waals surface area (Å²) in [6.07, 6.45) is 4.06. The van der Waals surface area contributed by atoms with Gasteiger partial charge in [-0.25, -0.2) is 0 Å². The predicted molar refractivity (Wildman–Crippen MR) is 77.9 cm³/mol. The second-order valence-electron chi connectivity index (χ2n) is 4.98. The topological polar surface area (TPSA) is 72.9 Å². The van der Waals surface area contributed by atoms with Gasteiger partial charge in [0.15, 0.2) is 0 Å². The van der Waals surface area contributed by atoms with E-state index in [0.29, 0.717) is 13.0 Å². The first-order chi connectivity index (χ1) is 9.63. The molecule has 106 valence electrons. The highest BCUT2D eigenvalue weighted by Crippen LogP contribution is 2.06. The average molecular weight is 272 g/mol. The Hall–Kier alpha value is -2.14. The van der Waals surface area contributed by atoms with Crippen molar-refractivity contribution in [3.8, 4) is 0 Å². The Morgan fingerprint density at radius 3 is 2.65 bits per heavy atom. The van der Waals surface area contributed by atoms with E-state index in [-0.39, 0.29) is 11.9 Å². The third-order valence-electron chi connectivity index (χ3n) is 2.92. The first kappa shape index (κ1) is 14.3. The molecule has 1 heterocycles. The number of nitrogens with one attached hydrogen (secondary N) is 1. The third-order valence-corrected chi connectivity index (χ3v) is 2.92. The number of nitrogens with two attached hydrogens (primary N) is 1. The van der Waals surface area contributed by atoms with E-state index in [2.05, 4.69) is 22.5 Å². The van der Waals surface area contributed by atoms with E-state index < -0.39 is 0 Å². The SMILES string of the molecule is CC(N)CC(=O)NCc1ccc(Cn2cccn2)cc1. The van der Waals surface area contributed by atoms with Crippen LogP contribution in [0.3, 0.4) is 0 Å². The summed E-state index contributed by atoms with van der Waals surface area (Å²) in [4.78, 5) is 11.5. The van der Waals surface area contributed by atoms with Gasteiger partial charge in [-0.05, 0) is 24.1 Å². The molecule has 0 aliphatic carbocycles. The van der Waals surface area contributed by atoms with E-state index in [0.717, 1.165) is 12.1 Å². The van der Waals surface area contributed by atoms with Gasteiger partial charge in [0, 0.05) is 31.4 Å². The fourth-order valence-electron chi connectivity index (χ4n) is 1.91. The Kier molecular flexibility index (Phi) is 4.90. The smallest absolute Gasteiger partial charge is 0.221 e. The van der Waals surface area contributed by atoms with Gasteiger partial charge < -0.3 is 11.1 Å². The summed E-state index contributed by atoms with van der Waals surface area (Å²) in [7, 11) is 0. The van der Waals surface area contributed by atoms with Crippen molar-refractivity contribution >= 4 is 5.91 Å². The molecule has 1 aromatic carbocycles. The average Bonchev–Trinajstić information content (AvgIpc) is 2.90. The molecule has 0 radical (unpaired) electrons. The van der Waals surface area contributed by atoms with E-state index in [1.807, 2.05) is 36.0 Å². The number of aromatic nitrogens is 2. The van der Waals surface area contributed by atoms with Crippen LogP contribution in [0.15, 0.2) is 42.7 Å². The molecule has 1 atom stereocenters. The Balaban J connectivity index is 1.84. The standard InChI is InChI=1S/C15H20N4O/c1-12(16)9-15(20)17-10-13-3-5-14(6-4-13)11-19-8-2-7-18-19/h2-8,12H,9-11,16H2,1H3,(H,17,20). The highest BCUT2D eigenvalue weighted by Gasteiger charge is 2.04. The van der Waals surface area contributed by atoms with Crippen LogP contribution in [0, 0.1) is 0 Å². The molecule has 1 unspecified atom stereocenters. The maximum Gasteiger partial charge on any atom is 0.221 e. The quantitative estimate of drug-likeness (QED) is 0.832. The number of benzene rings is 1. The largest absolute Gasteiger partial charge is 0.352 e. The fourth-order valence-corrected chi connectivity index (χ4v) is 1.91. The number of carbonyl (C=O) groups excluding carboxylic acids is 1. The van der Waals surface area contributed by atoms with Crippen LogP contribution in [0.1, 0.15) is 24.5 Å². The lowest BCUT2D eigenvalue weighted by molar-refractivity contribution is -0.121. The molecule has 0 bridgehead atoms. The van der Waals surface area contributed by atoms with E-state index in [1.54, 1.807) is 6.20 Å². The molecule has 1 amide bonds. The maximum atomic E-state index is 11.5. The van der Waals surface area contributed by atoms with Gasteiger partial charge in [-0.15, -0.1) is 0 Å². The molecular weight excluding hydrogens is 252 g/mol. The summed E-state index contributed by atoms with van der Waals surface area (Å²) in [6, 6.07) is 9.94. The van der Waals surface area contributed by atoms with Gasteiger partial charge in [-0.3, -0.25) is 9.48 Å². The molecule has 20 heavy (non-hydrogen) atoms. The van der Waals surface area contributed by atoms with Crippen molar-refractivity contribution < 1.29 is 4.79 Å². The minimum atomic E-state index is -0.105. The van der Waals surface area contributed by atoms with Crippen molar-refractivity contribution in [2.24, 2.45) is 5.73 Å². The van der Waals surface area contributed by atoms with Crippen molar-refractivity contribution in [3.63, 3.8) is 0 Å². The molecule has 3 N–H and O–H groups in total. The number of hydrogen-bond acceptors (Lipinski definition) is 3. The zero-order valence-corrected chi connectivity index (χ0v) is 11.6. The minimum absolute atomic E-state index is 0.0133. The van der Waals surface area contributed by atoms with Gasteiger partial charge in [0.05, 0.1) is 6.54 Å². The van der Waals surface area contributed by atoms with Crippen LogP contribution in [0.2, 0.25) is 0 Å². The molecule has 0 saturated carbocycles. The molecule has 0 fully saturated rings. The van der Waals surface area contributed by atoms with Crippen molar-refractivity contribution in [1.29, 1.82) is 0 Å². The van der Waals surface area contributed by atoms with Crippen molar-refractivity contribution in [3.05, 3.63) is 53.9 Å². The molecule has 5 heteroatoms. The van der Waals surface area contributed by atoms with Crippen molar-refractivity contribution in [1.82, 2.24) is 15.1 Å². The Morgan fingerprint density at radius 1 is 1.35 bits per heavy atom. The van der Waals surface area contributed by atoms with Crippen LogP contribution < -0.4 is 11.1 Å². The maximum absolute atomic E-state index is 11.5. The zero-order chi connectivity index (χ0) is 14.4. The Morgan fingerprint density at radius 2 is 2.05 bits per heavy atom. The molecular formula is C15H20N4O. The number of nitrogens with zero attached hydrogens (tertiary/aromatic N) is 2. The molecule has 0 saturated heterocycles. The van der Waals surface area contributed by atoms with Gasteiger partial charge in [-0.1, -0.05) is 24.3 Å². The fraction of sp³-hybridized carbons (Fsp3) is 0.333. The van der Waals surface area contributed by atoms with Gasteiger partial charge in [0.2, 0.25) is 5.91 Å². The lowest BCUT2D eigenvalue weighted by atomic mass is 10.1. The lowest BCUT2D eigenvalue weighted by Crippen LogP contribution is -2.29. The van der Waals surface area contributed by atoms with E-state index >= 15 is 0 Å². The first-order valence-electron chi connectivity index (χ1n) is 6.71. The monoisotopic (exact) mass is 272 g/mol. The van der Waals surface area contributed by atoms with Crippen LogP contribution in [-0.4, -0.2) is 21.7 Å². The molecule has 1 aromatic heterocycles. The number of amides is 1.